The summed E-state index contributed by atoms with van der Waals surface area (Å²) in [4.78, 5) is 26.7. The van der Waals surface area contributed by atoms with Gasteiger partial charge in [0.1, 0.15) is 6.26 Å². The maximum absolute atomic E-state index is 13.0. The molecule has 0 bridgehead atoms. The van der Waals surface area contributed by atoms with Crippen LogP contribution >= 0.6 is 47.2 Å². The first-order valence-electron chi connectivity index (χ1n) is 8.42. The summed E-state index contributed by atoms with van der Waals surface area (Å²) in [5.41, 5.74) is -1.23. The molecule has 158 valence electrons. The summed E-state index contributed by atoms with van der Waals surface area (Å²) in [6, 6.07) is 7.08. The number of carbonyl (C=O) groups excluding carboxylic acids is 1. The highest BCUT2D eigenvalue weighted by Gasteiger charge is 2.36. The van der Waals surface area contributed by atoms with Gasteiger partial charge in [-0.05, 0) is 36.4 Å². The molecule has 2 aromatic carbocycles. The van der Waals surface area contributed by atoms with Gasteiger partial charge >= 0.3 is 6.18 Å². The summed E-state index contributed by atoms with van der Waals surface area (Å²) < 4.78 is 44.5. The van der Waals surface area contributed by atoms with Gasteiger partial charge < -0.3 is 4.42 Å². The molecule has 1 amide bonds. The van der Waals surface area contributed by atoms with E-state index in [4.69, 9.17) is 39.8 Å². The van der Waals surface area contributed by atoms with Gasteiger partial charge in [0.15, 0.2) is 15.3 Å². The van der Waals surface area contributed by atoms with Crippen molar-refractivity contribution < 1.29 is 22.4 Å². The lowest BCUT2D eigenvalue weighted by Crippen LogP contribution is -2.27. The van der Waals surface area contributed by atoms with Gasteiger partial charge in [0, 0.05) is 5.02 Å². The van der Waals surface area contributed by atoms with Crippen molar-refractivity contribution in [1.29, 1.82) is 0 Å². The SMILES string of the molecule is O=C1/C(=C/c2coc3c(Cl)cc(Cl)cc3c2=O)SC(=S)N1c1cccc(C(F)(F)F)c1. The topological polar surface area (TPSA) is 50.5 Å². The van der Waals surface area contributed by atoms with Crippen LogP contribution in [-0.2, 0) is 11.0 Å². The molecule has 31 heavy (non-hydrogen) atoms. The molecule has 2 heterocycles. The number of anilines is 1. The van der Waals surface area contributed by atoms with Crippen molar-refractivity contribution in [2.45, 2.75) is 6.18 Å². The van der Waals surface area contributed by atoms with Crippen LogP contribution in [0.4, 0.5) is 18.9 Å². The first kappa shape index (κ1) is 21.9. The molecule has 4 nitrogen and oxygen atoms in total. The summed E-state index contributed by atoms with van der Waals surface area (Å²) in [6.45, 7) is 0. The lowest BCUT2D eigenvalue weighted by Gasteiger charge is -2.16. The van der Waals surface area contributed by atoms with Gasteiger partial charge in [0.25, 0.3) is 5.91 Å². The number of amides is 1. The van der Waals surface area contributed by atoms with Gasteiger partial charge in [-0.1, -0.05) is 53.2 Å². The van der Waals surface area contributed by atoms with Gasteiger partial charge in [-0.2, -0.15) is 13.2 Å². The lowest BCUT2D eigenvalue weighted by atomic mass is 10.1. The third-order valence-corrected chi connectivity index (χ3v) is 6.13. The van der Waals surface area contributed by atoms with E-state index in [1.807, 2.05) is 0 Å². The Balaban J connectivity index is 1.75. The molecule has 0 spiro atoms. The largest absolute Gasteiger partial charge is 0.462 e. The monoisotopic (exact) mass is 501 g/mol. The molecule has 1 aliphatic rings. The Bertz CT molecular complexity index is 1350. The Labute approximate surface area is 192 Å². The summed E-state index contributed by atoms with van der Waals surface area (Å²) in [7, 11) is 0. The molecule has 1 aromatic heterocycles. The molecule has 1 aliphatic heterocycles. The van der Waals surface area contributed by atoms with Crippen LogP contribution in [0.15, 0.2) is 56.8 Å². The maximum atomic E-state index is 13.0. The fraction of sp³-hybridized carbons (Fsp3) is 0.0500. The fourth-order valence-electron chi connectivity index (χ4n) is 2.93. The second-order valence-electron chi connectivity index (χ2n) is 6.35. The number of benzene rings is 2. The van der Waals surface area contributed by atoms with Crippen LogP contribution in [0.3, 0.4) is 0 Å². The second kappa shape index (κ2) is 7.98. The Morgan fingerprint density at radius 1 is 1.13 bits per heavy atom. The normalized spacial score (nSPS) is 16.0. The van der Waals surface area contributed by atoms with Gasteiger partial charge in [-0.25, -0.2) is 0 Å². The number of alkyl halides is 3. The van der Waals surface area contributed by atoms with Crippen molar-refractivity contribution >= 4 is 80.1 Å². The maximum Gasteiger partial charge on any atom is 0.416 e. The third kappa shape index (κ3) is 4.10. The van der Waals surface area contributed by atoms with Crippen molar-refractivity contribution in [1.82, 2.24) is 0 Å². The van der Waals surface area contributed by atoms with Crippen LogP contribution in [-0.4, -0.2) is 10.2 Å². The Hall–Kier alpha value is -2.33. The molecule has 0 atom stereocenters. The quantitative estimate of drug-likeness (QED) is 0.295. The number of halogens is 5. The minimum Gasteiger partial charge on any atom is -0.462 e. The molecule has 0 saturated carbocycles. The molecular formula is C20H8Cl2F3NO3S2. The number of fused-ring (bicyclic) bond motifs is 1. The summed E-state index contributed by atoms with van der Waals surface area (Å²) in [5, 5.41) is 0.513. The van der Waals surface area contributed by atoms with Gasteiger partial charge in [0.2, 0.25) is 0 Å². The number of hydrogen-bond donors (Lipinski definition) is 0. The number of thiocarbonyl (C=S) groups is 1. The van der Waals surface area contributed by atoms with E-state index in [0.717, 1.165) is 35.1 Å². The average molecular weight is 502 g/mol. The molecule has 0 N–H and O–H groups in total. The molecule has 1 fully saturated rings. The Kier molecular flexibility index (Phi) is 5.63. The average Bonchev–Trinajstić information content (AvgIpc) is 2.97. The van der Waals surface area contributed by atoms with E-state index >= 15 is 0 Å². The summed E-state index contributed by atoms with van der Waals surface area (Å²) in [5.74, 6) is -0.655. The highest BCUT2D eigenvalue weighted by molar-refractivity contribution is 8.27. The van der Waals surface area contributed by atoms with Gasteiger partial charge in [-0.3, -0.25) is 14.5 Å². The number of rotatable bonds is 2. The van der Waals surface area contributed by atoms with E-state index in [1.54, 1.807) is 0 Å². The molecule has 0 unspecified atom stereocenters. The van der Waals surface area contributed by atoms with E-state index in [9.17, 15) is 22.8 Å². The summed E-state index contributed by atoms with van der Waals surface area (Å²) >= 11 is 18.0. The van der Waals surface area contributed by atoms with Crippen molar-refractivity contribution in [3.63, 3.8) is 0 Å². The molecule has 4 rings (SSSR count). The highest BCUT2D eigenvalue weighted by atomic mass is 35.5. The van der Waals surface area contributed by atoms with E-state index in [1.165, 1.54) is 30.3 Å². The van der Waals surface area contributed by atoms with Crippen molar-refractivity contribution in [2.75, 3.05) is 4.90 Å². The van der Waals surface area contributed by atoms with Crippen LogP contribution in [0.5, 0.6) is 0 Å². The molecule has 0 radical (unpaired) electrons. The zero-order chi connectivity index (χ0) is 22.5. The van der Waals surface area contributed by atoms with E-state index in [2.05, 4.69) is 0 Å². The number of hydrogen-bond acceptors (Lipinski definition) is 5. The van der Waals surface area contributed by atoms with E-state index in [-0.39, 0.29) is 41.5 Å². The third-order valence-electron chi connectivity index (χ3n) is 4.33. The fourth-order valence-corrected chi connectivity index (χ4v) is 4.76. The lowest BCUT2D eigenvalue weighted by molar-refractivity contribution is -0.137. The van der Waals surface area contributed by atoms with Crippen LogP contribution in [0.1, 0.15) is 11.1 Å². The molecule has 1 saturated heterocycles. The van der Waals surface area contributed by atoms with Crippen LogP contribution in [0, 0.1) is 0 Å². The minimum atomic E-state index is -4.57. The zero-order valence-corrected chi connectivity index (χ0v) is 18.1. The summed E-state index contributed by atoms with van der Waals surface area (Å²) in [6.07, 6.45) is -2.16. The van der Waals surface area contributed by atoms with Gasteiger partial charge in [-0.15, -0.1) is 0 Å². The highest BCUT2D eigenvalue weighted by Crippen LogP contribution is 2.38. The second-order valence-corrected chi connectivity index (χ2v) is 8.87. The molecule has 0 aliphatic carbocycles. The number of nitrogens with zero attached hydrogens (tertiary/aromatic N) is 1. The predicted molar refractivity (Wildman–Crippen MR) is 120 cm³/mol. The van der Waals surface area contributed by atoms with E-state index in [0.29, 0.717) is 0 Å². The first-order chi connectivity index (χ1) is 14.6. The zero-order valence-electron chi connectivity index (χ0n) is 15.0. The number of carbonyl (C=O) groups is 1. The molecule has 3 aromatic rings. The molecular weight excluding hydrogens is 494 g/mol. The van der Waals surface area contributed by atoms with Crippen molar-refractivity contribution in [2.24, 2.45) is 0 Å². The predicted octanol–water partition coefficient (Wildman–Crippen LogP) is 6.52. The van der Waals surface area contributed by atoms with Gasteiger partial charge in [0.05, 0.1) is 32.1 Å². The van der Waals surface area contributed by atoms with Crippen LogP contribution in [0.2, 0.25) is 10.0 Å². The minimum absolute atomic E-state index is 0.0233. The Morgan fingerprint density at radius 2 is 1.87 bits per heavy atom. The van der Waals surface area contributed by atoms with E-state index < -0.39 is 23.1 Å². The van der Waals surface area contributed by atoms with Crippen LogP contribution in [0.25, 0.3) is 17.0 Å². The number of thioether (sulfide) groups is 1. The standard InChI is InChI=1S/C20H8Cl2F3NO3S2/c21-11-6-13-16(27)9(8-29-17(13)14(22)7-11)4-15-18(28)26(19(30)31-15)12-3-1-2-10(5-12)20(23,24)25/h1-8H/b15-4-. The Morgan fingerprint density at radius 3 is 2.58 bits per heavy atom. The van der Waals surface area contributed by atoms with Crippen molar-refractivity contribution in [3.05, 3.63) is 79.0 Å². The van der Waals surface area contributed by atoms with Crippen LogP contribution < -0.4 is 10.3 Å². The first-order valence-corrected chi connectivity index (χ1v) is 10.4. The molecule has 11 heteroatoms. The van der Waals surface area contributed by atoms with Crippen molar-refractivity contribution in [3.8, 4) is 0 Å². The smallest absolute Gasteiger partial charge is 0.416 e.